The summed E-state index contributed by atoms with van der Waals surface area (Å²) in [5.41, 5.74) is 0.773. The smallest absolute Gasteiger partial charge is 0.409 e. The van der Waals surface area contributed by atoms with Crippen LogP contribution in [0.15, 0.2) is 45.5 Å². The Bertz CT molecular complexity index is 1210. The molecule has 0 aliphatic carbocycles. The van der Waals surface area contributed by atoms with Gasteiger partial charge in [-0.25, -0.2) is 9.78 Å². The van der Waals surface area contributed by atoms with E-state index in [0.29, 0.717) is 54.7 Å². The van der Waals surface area contributed by atoms with Crippen molar-refractivity contribution in [2.45, 2.75) is 18.6 Å². The lowest BCUT2D eigenvalue weighted by atomic mass is 10.2. The lowest BCUT2D eigenvalue weighted by molar-refractivity contribution is -0.129. The molecule has 174 valence electrons. The minimum Gasteiger partial charge on any atom is -0.450 e. The Morgan fingerprint density at radius 2 is 2.00 bits per heavy atom. The second-order valence-electron chi connectivity index (χ2n) is 7.26. The second-order valence-corrected chi connectivity index (χ2v) is 10.0. The van der Waals surface area contributed by atoms with Crippen LogP contribution in [0, 0.1) is 0 Å². The lowest BCUT2D eigenvalue weighted by Crippen LogP contribution is -2.51. The molecule has 4 rings (SSSR count). The Hall–Kier alpha value is -2.63. The highest BCUT2D eigenvalue weighted by Gasteiger charge is 2.25. The fraction of sp³-hybridized carbons (Fsp3) is 0.364. The zero-order chi connectivity index (χ0) is 23.4. The van der Waals surface area contributed by atoms with E-state index in [4.69, 9.17) is 9.72 Å². The van der Waals surface area contributed by atoms with E-state index in [1.165, 1.54) is 23.1 Å². The third kappa shape index (κ3) is 4.99. The quantitative estimate of drug-likeness (QED) is 0.277. The van der Waals surface area contributed by atoms with Crippen LogP contribution < -0.4 is 5.56 Å². The number of fused-ring (bicyclic) bond motifs is 1. The van der Waals surface area contributed by atoms with Crippen LogP contribution in [0.4, 0.5) is 4.79 Å². The van der Waals surface area contributed by atoms with Crippen LogP contribution in [-0.2, 0) is 16.1 Å². The molecule has 0 spiro atoms. The minimum atomic E-state index is -0.345. The van der Waals surface area contributed by atoms with Gasteiger partial charge in [0.05, 0.1) is 17.7 Å². The van der Waals surface area contributed by atoms with Crippen molar-refractivity contribution < 1.29 is 14.3 Å². The van der Waals surface area contributed by atoms with Gasteiger partial charge >= 0.3 is 6.09 Å². The molecule has 8 nitrogen and oxygen atoms in total. The monoisotopic (exact) mass is 504 g/mol. The minimum absolute atomic E-state index is 0.0477. The van der Waals surface area contributed by atoms with Gasteiger partial charge in [-0.05, 0) is 18.4 Å². The summed E-state index contributed by atoms with van der Waals surface area (Å²) in [6.45, 7) is 7.99. The Balaban J connectivity index is 1.49. The van der Waals surface area contributed by atoms with Crippen molar-refractivity contribution >= 4 is 56.7 Å². The number of aromatic nitrogens is 2. The Labute approximate surface area is 203 Å². The van der Waals surface area contributed by atoms with E-state index in [0.717, 1.165) is 10.4 Å². The van der Waals surface area contributed by atoms with Crippen molar-refractivity contribution in [2.24, 2.45) is 0 Å². The van der Waals surface area contributed by atoms with Gasteiger partial charge in [0.25, 0.3) is 5.56 Å². The molecule has 1 saturated heterocycles. The predicted molar refractivity (Wildman–Crippen MR) is 133 cm³/mol. The summed E-state index contributed by atoms with van der Waals surface area (Å²) >= 11 is 4.28. The van der Waals surface area contributed by atoms with Gasteiger partial charge in [0.15, 0.2) is 5.16 Å². The fourth-order valence-corrected chi connectivity index (χ4v) is 6.30. The number of hydrogen-bond acceptors (Lipinski definition) is 8. The molecular formula is C22H24N4O4S3. The number of carbonyl (C=O) groups excluding carboxylic acids is 2. The van der Waals surface area contributed by atoms with E-state index < -0.39 is 0 Å². The van der Waals surface area contributed by atoms with E-state index in [-0.39, 0.29) is 23.3 Å². The Morgan fingerprint density at radius 3 is 2.67 bits per heavy atom. The van der Waals surface area contributed by atoms with Gasteiger partial charge in [-0.1, -0.05) is 23.9 Å². The predicted octanol–water partition coefficient (Wildman–Crippen LogP) is 3.77. The molecule has 0 aromatic carbocycles. The standard InChI is InChI=1S/C22H24N4O4S3/c1-3-7-26-20(28)18-15(16-6-5-12-31-16)13-32-19(18)23-21(26)33-14-17(27)24-8-10-25(11-9-24)22(29)30-4-2/h3,5-6,12-13H,1,4,7-11,14H2,2H3. The van der Waals surface area contributed by atoms with Crippen molar-refractivity contribution in [1.29, 1.82) is 0 Å². The third-order valence-electron chi connectivity index (χ3n) is 5.24. The topological polar surface area (TPSA) is 84.7 Å². The Kier molecular flexibility index (Phi) is 7.51. The molecule has 0 bridgehead atoms. The molecule has 0 radical (unpaired) electrons. The largest absolute Gasteiger partial charge is 0.450 e. The average molecular weight is 505 g/mol. The number of thiophene rings is 2. The van der Waals surface area contributed by atoms with E-state index in [9.17, 15) is 14.4 Å². The summed E-state index contributed by atoms with van der Waals surface area (Å²) in [7, 11) is 0. The number of allylic oxidation sites excluding steroid dienone is 1. The molecule has 0 atom stereocenters. The number of thioether (sulfide) groups is 1. The first-order valence-electron chi connectivity index (χ1n) is 10.5. The average Bonchev–Trinajstić information content (AvgIpc) is 3.50. The molecule has 2 amide bonds. The van der Waals surface area contributed by atoms with Crippen LogP contribution in [0.25, 0.3) is 20.7 Å². The second kappa shape index (κ2) is 10.5. The van der Waals surface area contributed by atoms with E-state index in [1.807, 2.05) is 22.9 Å². The lowest BCUT2D eigenvalue weighted by Gasteiger charge is -2.34. The molecule has 3 aromatic heterocycles. The van der Waals surface area contributed by atoms with E-state index in [1.54, 1.807) is 38.7 Å². The van der Waals surface area contributed by atoms with Crippen LogP contribution in [-0.4, -0.2) is 69.9 Å². The summed E-state index contributed by atoms with van der Waals surface area (Å²) in [6.07, 6.45) is 1.31. The first kappa shape index (κ1) is 23.5. The number of amides is 2. The van der Waals surface area contributed by atoms with Gasteiger partial charge in [0, 0.05) is 48.5 Å². The molecule has 4 heterocycles. The van der Waals surface area contributed by atoms with Crippen molar-refractivity contribution in [3.05, 3.63) is 45.9 Å². The maximum Gasteiger partial charge on any atom is 0.409 e. The first-order chi connectivity index (χ1) is 16.0. The molecule has 11 heteroatoms. The van der Waals surface area contributed by atoms with Crippen LogP contribution in [0.5, 0.6) is 0 Å². The van der Waals surface area contributed by atoms with Gasteiger partial charge in [0.1, 0.15) is 4.83 Å². The number of ether oxygens (including phenoxy) is 1. The number of piperazine rings is 1. The van der Waals surface area contributed by atoms with Gasteiger partial charge in [0.2, 0.25) is 5.91 Å². The van der Waals surface area contributed by atoms with Gasteiger partial charge in [-0.2, -0.15) is 0 Å². The number of nitrogens with zero attached hydrogens (tertiary/aromatic N) is 4. The van der Waals surface area contributed by atoms with Crippen molar-refractivity contribution in [2.75, 3.05) is 38.5 Å². The van der Waals surface area contributed by atoms with Crippen LogP contribution in [0.3, 0.4) is 0 Å². The summed E-state index contributed by atoms with van der Waals surface area (Å²) < 4.78 is 6.60. The van der Waals surface area contributed by atoms with Crippen LogP contribution in [0.1, 0.15) is 6.92 Å². The zero-order valence-corrected chi connectivity index (χ0v) is 20.6. The zero-order valence-electron chi connectivity index (χ0n) is 18.2. The Morgan fingerprint density at radius 1 is 1.24 bits per heavy atom. The highest BCUT2D eigenvalue weighted by Crippen LogP contribution is 2.34. The molecule has 0 N–H and O–H groups in total. The highest BCUT2D eigenvalue weighted by atomic mass is 32.2. The van der Waals surface area contributed by atoms with Crippen LogP contribution in [0.2, 0.25) is 0 Å². The maximum atomic E-state index is 13.3. The van der Waals surface area contributed by atoms with Crippen molar-refractivity contribution in [3.8, 4) is 10.4 Å². The molecular weight excluding hydrogens is 480 g/mol. The van der Waals surface area contributed by atoms with Crippen molar-refractivity contribution in [1.82, 2.24) is 19.4 Å². The summed E-state index contributed by atoms with van der Waals surface area (Å²) in [4.78, 5) is 47.7. The number of carbonyl (C=O) groups is 2. The third-order valence-corrected chi connectivity index (χ3v) is 7.98. The van der Waals surface area contributed by atoms with E-state index in [2.05, 4.69) is 6.58 Å². The summed E-state index contributed by atoms with van der Waals surface area (Å²) in [5.74, 6) is 0.117. The molecule has 0 saturated carbocycles. The molecule has 33 heavy (non-hydrogen) atoms. The molecule has 1 aliphatic rings. The van der Waals surface area contributed by atoms with Gasteiger partial charge in [-0.3, -0.25) is 14.2 Å². The number of rotatable bonds is 7. The van der Waals surface area contributed by atoms with Gasteiger partial charge < -0.3 is 14.5 Å². The first-order valence-corrected chi connectivity index (χ1v) is 13.3. The SMILES string of the molecule is C=CCn1c(SCC(=O)N2CCN(C(=O)OCC)CC2)nc2scc(-c3cccs3)c2c1=O. The van der Waals surface area contributed by atoms with Crippen molar-refractivity contribution in [3.63, 3.8) is 0 Å². The normalized spacial score (nSPS) is 14.0. The van der Waals surface area contributed by atoms with Crippen LogP contribution >= 0.6 is 34.4 Å². The summed E-state index contributed by atoms with van der Waals surface area (Å²) in [6, 6.07) is 3.95. The van der Waals surface area contributed by atoms with Gasteiger partial charge in [-0.15, -0.1) is 29.3 Å². The molecule has 0 unspecified atom stereocenters. The van der Waals surface area contributed by atoms with E-state index >= 15 is 0 Å². The molecule has 1 aliphatic heterocycles. The number of hydrogen-bond donors (Lipinski definition) is 0. The fourth-order valence-electron chi connectivity index (χ4n) is 3.59. The molecule has 1 fully saturated rings. The summed E-state index contributed by atoms with van der Waals surface area (Å²) in [5, 5.41) is 5.06. The molecule has 3 aromatic rings. The highest BCUT2D eigenvalue weighted by molar-refractivity contribution is 7.99. The maximum absolute atomic E-state index is 13.3.